The molecular formula is C22H33N3O. The maximum atomic E-state index is 12.4. The quantitative estimate of drug-likeness (QED) is 0.882. The molecular weight excluding hydrogens is 322 g/mol. The Labute approximate surface area is 157 Å². The number of nitrogens with zero attached hydrogens (tertiary/aromatic N) is 2. The van der Waals surface area contributed by atoms with E-state index in [-0.39, 0.29) is 5.92 Å². The molecule has 0 spiro atoms. The molecule has 1 aliphatic carbocycles. The molecule has 1 atom stereocenters. The predicted octanol–water partition coefficient (Wildman–Crippen LogP) is 2.95. The molecule has 1 aromatic rings. The van der Waals surface area contributed by atoms with Gasteiger partial charge < -0.3 is 5.32 Å². The maximum Gasteiger partial charge on any atom is 0.224 e. The molecule has 26 heavy (non-hydrogen) atoms. The number of rotatable bonds is 5. The lowest BCUT2D eigenvalue weighted by Gasteiger charge is -2.42. The Bertz CT molecular complexity index is 602. The summed E-state index contributed by atoms with van der Waals surface area (Å²) in [7, 11) is 0. The molecule has 1 amide bonds. The first-order valence-corrected chi connectivity index (χ1v) is 10.5. The van der Waals surface area contributed by atoms with Gasteiger partial charge in [-0.25, -0.2) is 0 Å². The van der Waals surface area contributed by atoms with Gasteiger partial charge in [0.15, 0.2) is 0 Å². The molecule has 1 N–H and O–H groups in total. The standard InChI is InChI=1S/C22H33N3O/c1-17-4-6-18(7-5-17)15-24-13-10-21(11-14-24)25-12-2-3-19(16-25)22(26)23-20-8-9-20/h4-7,19-21H,2-3,8-16H2,1H3,(H,23,26)/t19-/m0/s1. The van der Waals surface area contributed by atoms with Gasteiger partial charge in [-0.1, -0.05) is 29.8 Å². The van der Waals surface area contributed by atoms with Crippen LogP contribution in [0.5, 0.6) is 0 Å². The van der Waals surface area contributed by atoms with Gasteiger partial charge in [-0.3, -0.25) is 14.6 Å². The first-order valence-electron chi connectivity index (χ1n) is 10.5. The topological polar surface area (TPSA) is 35.6 Å². The average molecular weight is 356 g/mol. The summed E-state index contributed by atoms with van der Waals surface area (Å²) in [5, 5.41) is 3.21. The van der Waals surface area contributed by atoms with Crippen molar-refractivity contribution in [3.8, 4) is 0 Å². The van der Waals surface area contributed by atoms with E-state index in [0.717, 1.165) is 19.5 Å². The Morgan fingerprint density at radius 1 is 1.04 bits per heavy atom. The Balaban J connectivity index is 1.24. The molecule has 2 aliphatic heterocycles. The van der Waals surface area contributed by atoms with Crippen LogP contribution in [0.1, 0.15) is 49.7 Å². The maximum absolute atomic E-state index is 12.4. The molecule has 2 saturated heterocycles. The summed E-state index contributed by atoms with van der Waals surface area (Å²) in [6, 6.07) is 10.1. The first-order chi connectivity index (χ1) is 12.7. The molecule has 2 heterocycles. The van der Waals surface area contributed by atoms with Gasteiger partial charge >= 0.3 is 0 Å². The third-order valence-electron chi connectivity index (χ3n) is 6.35. The Hall–Kier alpha value is -1.39. The van der Waals surface area contributed by atoms with E-state index in [1.54, 1.807) is 0 Å². The van der Waals surface area contributed by atoms with E-state index in [4.69, 9.17) is 0 Å². The van der Waals surface area contributed by atoms with Gasteiger partial charge in [0.25, 0.3) is 0 Å². The van der Waals surface area contributed by atoms with Crippen molar-refractivity contribution in [3.05, 3.63) is 35.4 Å². The molecule has 1 aromatic carbocycles. The first kappa shape index (κ1) is 18.0. The van der Waals surface area contributed by atoms with E-state index in [1.165, 1.54) is 62.9 Å². The lowest BCUT2D eigenvalue weighted by Crippen LogP contribution is -2.50. The lowest BCUT2D eigenvalue weighted by atomic mass is 9.93. The Kier molecular flexibility index (Phi) is 5.60. The van der Waals surface area contributed by atoms with Crippen LogP contribution in [0.15, 0.2) is 24.3 Å². The monoisotopic (exact) mass is 355 g/mol. The van der Waals surface area contributed by atoms with Crippen molar-refractivity contribution >= 4 is 5.91 Å². The van der Waals surface area contributed by atoms with Gasteiger partial charge in [0.05, 0.1) is 5.92 Å². The fourth-order valence-corrected chi connectivity index (χ4v) is 4.49. The average Bonchev–Trinajstić information content (AvgIpc) is 3.48. The van der Waals surface area contributed by atoms with Crippen LogP contribution in [0, 0.1) is 12.8 Å². The molecule has 1 saturated carbocycles. The molecule has 0 radical (unpaired) electrons. The number of hydrogen-bond acceptors (Lipinski definition) is 3. The summed E-state index contributed by atoms with van der Waals surface area (Å²) < 4.78 is 0. The normalized spacial score (nSPS) is 26.0. The zero-order chi connectivity index (χ0) is 17.9. The van der Waals surface area contributed by atoms with Crippen molar-refractivity contribution in [1.29, 1.82) is 0 Å². The van der Waals surface area contributed by atoms with E-state index in [2.05, 4.69) is 46.3 Å². The van der Waals surface area contributed by atoms with Crippen LogP contribution in [-0.4, -0.2) is 54.0 Å². The molecule has 3 aliphatic rings. The lowest BCUT2D eigenvalue weighted by molar-refractivity contribution is -0.127. The van der Waals surface area contributed by atoms with Gasteiger partial charge in [0, 0.05) is 25.2 Å². The minimum atomic E-state index is 0.218. The number of carbonyl (C=O) groups excluding carboxylic acids is 1. The van der Waals surface area contributed by atoms with E-state index in [9.17, 15) is 4.79 Å². The number of nitrogens with one attached hydrogen (secondary N) is 1. The third kappa shape index (κ3) is 4.66. The van der Waals surface area contributed by atoms with Gasteiger partial charge in [0.1, 0.15) is 0 Å². The summed E-state index contributed by atoms with van der Waals surface area (Å²) in [5.41, 5.74) is 2.75. The molecule has 4 rings (SSSR count). The largest absolute Gasteiger partial charge is 0.353 e. The summed E-state index contributed by atoms with van der Waals surface area (Å²) in [6.07, 6.45) is 7.09. The zero-order valence-corrected chi connectivity index (χ0v) is 16.1. The van der Waals surface area contributed by atoms with Crippen molar-refractivity contribution in [2.24, 2.45) is 5.92 Å². The van der Waals surface area contributed by atoms with Gasteiger partial charge in [-0.15, -0.1) is 0 Å². The highest BCUT2D eigenvalue weighted by Gasteiger charge is 2.33. The van der Waals surface area contributed by atoms with Crippen LogP contribution < -0.4 is 5.32 Å². The van der Waals surface area contributed by atoms with Gasteiger partial charge in [-0.2, -0.15) is 0 Å². The summed E-state index contributed by atoms with van der Waals surface area (Å²) >= 11 is 0. The summed E-state index contributed by atoms with van der Waals surface area (Å²) in [4.78, 5) is 17.6. The highest BCUT2D eigenvalue weighted by Crippen LogP contribution is 2.26. The second-order valence-electron chi connectivity index (χ2n) is 8.61. The molecule has 3 fully saturated rings. The van der Waals surface area contributed by atoms with Crippen molar-refractivity contribution < 1.29 is 4.79 Å². The van der Waals surface area contributed by atoms with Crippen molar-refractivity contribution in [1.82, 2.24) is 15.1 Å². The van der Waals surface area contributed by atoms with Crippen molar-refractivity contribution in [2.45, 2.75) is 64.1 Å². The van der Waals surface area contributed by atoms with E-state index < -0.39 is 0 Å². The summed E-state index contributed by atoms with van der Waals surface area (Å²) in [6.45, 7) is 7.71. The minimum absolute atomic E-state index is 0.218. The minimum Gasteiger partial charge on any atom is -0.353 e. The zero-order valence-electron chi connectivity index (χ0n) is 16.1. The third-order valence-corrected chi connectivity index (χ3v) is 6.35. The van der Waals surface area contributed by atoms with Crippen LogP contribution >= 0.6 is 0 Å². The van der Waals surface area contributed by atoms with Crippen molar-refractivity contribution in [3.63, 3.8) is 0 Å². The van der Waals surface area contributed by atoms with Crippen LogP contribution in [0.4, 0.5) is 0 Å². The SMILES string of the molecule is Cc1ccc(CN2CCC(N3CCC[C@H](C(=O)NC4CC4)C3)CC2)cc1. The van der Waals surface area contributed by atoms with Crippen LogP contribution in [0.3, 0.4) is 0 Å². The Morgan fingerprint density at radius 2 is 1.77 bits per heavy atom. The van der Waals surface area contributed by atoms with Crippen LogP contribution in [0.25, 0.3) is 0 Å². The predicted molar refractivity (Wildman–Crippen MR) is 105 cm³/mol. The number of hydrogen-bond donors (Lipinski definition) is 1. The number of likely N-dealkylation sites (tertiary alicyclic amines) is 2. The van der Waals surface area contributed by atoms with Gasteiger partial charge in [-0.05, 0) is 70.6 Å². The fourth-order valence-electron chi connectivity index (χ4n) is 4.49. The molecule has 4 nitrogen and oxygen atoms in total. The number of aryl methyl sites for hydroxylation is 1. The van der Waals surface area contributed by atoms with E-state index in [1.807, 2.05) is 0 Å². The van der Waals surface area contributed by atoms with Crippen molar-refractivity contribution in [2.75, 3.05) is 26.2 Å². The number of piperidine rings is 2. The number of benzene rings is 1. The second kappa shape index (κ2) is 8.10. The second-order valence-corrected chi connectivity index (χ2v) is 8.61. The van der Waals surface area contributed by atoms with E-state index >= 15 is 0 Å². The molecule has 4 heteroatoms. The Morgan fingerprint density at radius 3 is 2.46 bits per heavy atom. The molecule has 0 aromatic heterocycles. The van der Waals surface area contributed by atoms with Crippen LogP contribution in [0.2, 0.25) is 0 Å². The van der Waals surface area contributed by atoms with Gasteiger partial charge in [0.2, 0.25) is 5.91 Å². The fraction of sp³-hybridized carbons (Fsp3) is 0.682. The highest BCUT2D eigenvalue weighted by atomic mass is 16.2. The highest BCUT2D eigenvalue weighted by molar-refractivity contribution is 5.79. The number of carbonyl (C=O) groups is 1. The molecule has 0 bridgehead atoms. The summed E-state index contributed by atoms with van der Waals surface area (Å²) in [5.74, 6) is 0.531. The molecule has 142 valence electrons. The van der Waals surface area contributed by atoms with E-state index in [0.29, 0.717) is 18.0 Å². The molecule has 0 unspecified atom stereocenters. The smallest absolute Gasteiger partial charge is 0.224 e. The van der Waals surface area contributed by atoms with Crippen LogP contribution in [-0.2, 0) is 11.3 Å². The number of amides is 1.